The number of alkyl halides is 3. The largest absolute Gasteiger partial charge is 0.573 e. The van der Waals surface area contributed by atoms with Crippen molar-refractivity contribution in [1.29, 1.82) is 0 Å². The Morgan fingerprint density at radius 3 is 2.47 bits per heavy atom. The molecular formula is C21H26F3N3O3. The third-order valence-electron chi connectivity index (χ3n) is 4.79. The Hall–Kier alpha value is -2.71. The number of imidazole rings is 1. The first-order chi connectivity index (χ1) is 13.9. The highest BCUT2D eigenvalue weighted by molar-refractivity contribution is 5.68. The SMILES string of the molecule is Cc1nc(C2CCN(C(=O)OC(C)(C)C)CC2)[nH]c1-c1cccc(OC(F)(F)F)c1. The van der Waals surface area contributed by atoms with Gasteiger partial charge in [0.15, 0.2) is 0 Å². The molecule has 9 heteroatoms. The molecule has 0 spiro atoms. The normalized spacial score (nSPS) is 15.9. The molecule has 0 radical (unpaired) electrons. The van der Waals surface area contributed by atoms with Gasteiger partial charge < -0.3 is 19.4 Å². The van der Waals surface area contributed by atoms with Crippen LogP contribution in [0.5, 0.6) is 5.75 Å². The van der Waals surface area contributed by atoms with E-state index < -0.39 is 12.0 Å². The molecule has 0 atom stereocenters. The molecule has 0 bridgehead atoms. The van der Waals surface area contributed by atoms with Gasteiger partial charge in [0.2, 0.25) is 0 Å². The number of rotatable bonds is 3. The molecule has 1 fully saturated rings. The molecular weight excluding hydrogens is 399 g/mol. The van der Waals surface area contributed by atoms with Gasteiger partial charge in [0.05, 0.1) is 11.4 Å². The van der Waals surface area contributed by atoms with Crippen LogP contribution in [0.25, 0.3) is 11.3 Å². The van der Waals surface area contributed by atoms with Crippen molar-refractivity contribution in [2.24, 2.45) is 0 Å². The van der Waals surface area contributed by atoms with E-state index in [9.17, 15) is 18.0 Å². The number of nitrogens with one attached hydrogen (secondary N) is 1. The second-order valence-corrected chi connectivity index (χ2v) is 8.40. The van der Waals surface area contributed by atoms with Crippen LogP contribution in [0.3, 0.4) is 0 Å². The van der Waals surface area contributed by atoms with Crippen LogP contribution < -0.4 is 4.74 Å². The van der Waals surface area contributed by atoms with E-state index in [1.54, 1.807) is 11.0 Å². The predicted molar refractivity (Wildman–Crippen MR) is 105 cm³/mol. The fraction of sp³-hybridized carbons (Fsp3) is 0.524. The van der Waals surface area contributed by atoms with Gasteiger partial charge >= 0.3 is 12.5 Å². The van der Waals surface area contributed by atoms with Gasteiger partial charge in [-0.3, -0.25) is 0 Å². The number of benzene rings is 1. The lowest BCUT2D eigenvalue weighted by molar-refractivity contribution is -0.274. The van der Waals surface area contributed by atoms with E-state index in [1.807, 2.05) is 27.7 Å². The van der Waals surface area contributed by atoms with Crippen molar-refractivity contribution >= 4 is 6.09 Å². The summed E-state index contributed by atoms with van der Waals surface area (Å²) in [5.74, 6) is 0.625. The predicted octanol–water partition coefficient (Wildman–Crippen LogP) is 5.40. The second kappa shape index (κ2) is 8.20. The van der Waals surface area contributed by atoms with Gasteiger partial charge in [0, 0.05) is 24.6 Å². The van der Waals surface area contributed by atoms with Crippen LogP contribution in [0.1, 0.15) is 51.0 Å². The van der Waals surface area contributed by atoms with Crippen LogP contribution in [0.15, 0.2) is 24.3 Å². The number of hydrogen-bond donors (Lipinski definition) is 1. The zero-order valence-corrected chi connectivity index (χ0v) is 17.5. The Labute approximate surface area is 173 Å². The molecule has 0 aliphatic carbocycles. The smallest absolute Gasteiger partial charge is 0.444 e. The Bertz CT molecular complexity index is 895. The fourth-order valence-electron chi connectivity index (χ4n) is 3.47. The number of hydrogen-bond acceptors (Lipinski definition) is 4. The monoisotopic (exact) mass is 425 g/mol. The lowest BCUT2D eigenvalue weighted by Gasteiger charge is -2.32. The summed E-state index contributed by atoms with van der Waals surface area (Å²) >= 11 is 0. The number of aromatic amines is 1. The molecule has 1 aromatic heterocycles. The third-order valence-corrected chi connectivity index (χ3v) is 4.79. The van der Waals surface area contributed by atoms with Gasteiger partial charge in [-0.15, -0.1) is 13.2 Å². The van der Waals surface area contributed by atoms with Gasteiger partial charge in [0.25, 0.3) is 0 Å². The number of amides is 1. The maximum Gasteiger partial charge on any atom is 0.573 e. The van der Waals surface area contributed by atoms with Crippen LogP contribution in [-0.2, 0) is 4.74 Å². The molecule has 164 valence electrons. The lowest BCUT2D eigenvalue weighted by atomic mass is 9.96. The van der Waals surface area contributed by atoms with E-state index in [4.69, 9.17) is 4.74 Å². The quantitative estimate of drug-likeness (QED) is 0.715. The summed E-state index contributed by atoms with van der Waals surface area (Å²) in [6.45, 7) is 8.42. The Kier molecular flexibility index (Phi) is 6.01. The molecule has 0 saturated carbocycles. The molecule has 1 saturated heterocycles. The number of carbonyl (C=O) groups excluding carboxylic acids is 1. The van der Waals surface area contributed by atoms with Crippen molar-refractivity contribution in [1.82, 2.24) is 14.9 Å². The number of nitrogens with zero attached hydrogens (tertiary/aromatic N) is 2. The molecule has 1 N–H and O–H groups in total. The minimum atomic E-state index is -4.74. The molecule has 0 unspecified atom stereocenters. The minimum Gasteiger partial charge on any atom is -0.444 e. The first-order valence-corrected chi connectivity index (χ1v) is 9.82. The first kappa shape index (κ1) is 22.0. The maximum atomic E-state index is 12.5. The van der Waals surface area contributed by atoms with E-state index in [0.717, 1.165) is 18.7 Å². The van der Waals surface area contributed by atoms with Crippen molar-refractivity contribution in [3.63, 3.8) is 0 Å². The number of likely N-dealkylation sites (tertiary alicyclic amines) is 1. The van der Waals surface area contributed by atoms with E-state index in [2.05, 4.69) is 14.7 Å². The van der Waals surface area contributed by atoms with Gasteiger partial charge in [0.1, 0.15) is 17.2 Å². The summed E-state index contributed by atoms with van der Waals surface area (Å²) in [5, 5.41) is 0. The third kappa shape index (κ3) is 5.67. The number of ether oxygens (including phenoxy) is 2. The number of aryl methyl sites for hydroxylation is 1. The number of piperidine rings is 1. The summed E-state index contributed by atoms with van der Waals surface area (Å²) < 4.78 is 46.9. The summed E-state index contributed by atoms with van der Waals surface area (Å²) in [6, 6.07) is 5.81. The summed E-state index contributed by atoms with van der Waals surface area (Å²) in [6.07, 6.45) is -3.61. The fourth-order valence-corrected chi connectivity index (χ4v) is 3.47. The standard InChI is InChI=1S/C21H26F3N3O3/c1-13-17(15-6-5-7-16(12-15)29-21(22,23)24)26-18(25-13)14-8-10-27(11-9-14)19(28)30-20(2,3)4/h5-7,12,14H,8-11H2,1-4H3,(H,25,26). The molecule has 2 heterocycles. The first-order valence-electron chi connectivity index (χ1n) is 9.82. The molecule has 1 aliphatic heterocycles. The van der Waals surface area contributed by atoms with Crippen LogP contribution in [0.2, 0.25) is 0 Å². The van der Waals surface area contributed by atoms with Crippen molar-refractivity contribution in [3.8, 4) is 17.0 Å². The van der Waals surface area contributed by atoms with Crippen molar-refractivity contribution in [2.45, 2.75) is 58.4 Å². The average Bonchev–Trinajstić information content (AvgIpc) is 3.01. The van der Waals surface area contributed by atoms with Gasteiger partial charge in [-0.1, -0.05) is 12.1 Å². The van der Waals surface area contributed by atoms with Crippen LogP contribution >= 0.6 is 0 Å². The van der Waals surface area contributed by atoms with Gasteiger partial charge in [-0.2, -0.15) is 0 Å². The highest BCUT2D eigenvalue weighted by Gasteiger charge is 2.32. The second-order valence-electron chi connectivity index (χ2n) is 8.40. The number of carbonyl (C=O) groups is 1. The van der Waals surface area contributed by atoms with E-state index in [0.29, 0.717) is 30.0 Å². The molecule has 1 aromatic carbocycles. The highest BCUT2D eigenvalue weighted by atomic mass is 19.4. The van der Waals surface area contributed by atoms with E-state index >= 15 is 0 Å². The van der Waals surface area contributed by atoms with Crippen LogP contribution in [0, 0.1) is 6.92 Å². The van der Waals surface area contributed by atoms with Crippen molar-refractivity contribution in [2.75, 3.05) is 13.1 Å². The average molecular weight is 425 g/mol. The number of halogens is 3. The highest BCUT2D eigenvalue weighted by Crippen LogP contribution is 2.32. The number of H-pyrrole nitrogens is 1. The van der Waals surface area contributed by atoms with Crippen LogP contribution in [-0.4, -0.2) is 46.0 Å². The summed E-state index contributed by atoms with van der Waals surface area (Å²) in [5.41, 5.74) is 1.39. The molecule has 1 amide bonds. The molecule has 3 rings (SSSR count). The topological polar surface area (TPSA) is 67.5 Å². The van der Waals surface area contributed by atoms with E-state index in [-0.39, 0.29) is 17.8 Å². The van der Waals surface area contributed by atoms with Crippen molar-refractivity contribution < 1.29 is 27.4 Å². The van der Waals surface area contributed by atoms with E-state index in [1.165, 1.54) is 18.2 Å². The molecule has 6 nitrogen and oxygen atoms in total. The molecule has 2 aromatic rings. The Morgan fingerprint density at radius 1 is 1.20 bits per heavy atom. The minimum absolute atomic E-state index is 0.130. The van der Waals surface area contributed by atoms with Crippen molar-refractivity contribution in [3.05, 3.63) is 35.8 Å². The maximum absolute atomic E-state index is 12.5. The Morgan fingerprint density at radius 2 is 1.87 bits per heavy atom. The summed E-state index contributed by atoms with van der Waals surface area (Å²) in [7, 11) is 0. The van der Waals surface area contributed by atoms with Crippen LogP contribution in [0.4, 0.5) is 18.0 Å². The zero-order chi connectivity index (χ0) is 22.1. The van der Waals surface area contributed by atoms with Gasteiger partial charge in [-0.05, 0) is 52.7 Å². The van der Waals surface area contributed by atoms with Gasteiger partial charge in [-0.25, -0.2) is 9.78 Å². The number of aromatic nitrogens is 2. The molecule has 1 aliphatic rings. The Balaban J connectivity index is 1.69. The lowest BCUT2D eigenvalue weighted by Crippen LogP contribution is -2.41. The zero-order valence-electron chi connectivity index (χ0n) is 17.5. The summed E-state index contributed by atoms with van der Waals surface area (Å²) in [4.78, 5) is 21.8. The molecule has 30 heavy (non-hydrogen) atoms.